The zero-order chi connectivity index (χ0) is 13.8. The first kappa shape index (κ1) is 12.7. The minimum absolute atomic E-state index is 0.00687. The van der Waals surface area contributed by atoms with Gasteiger partial charge in [-0.2, -0.15) is 5.10 Å². The SMILES string of the molecule is O=C(COc1ccc2c(c1)CCC2)NCc1ncn[nH]1. The molecule has 0 bridgehead atoms. The average Bonchev–Trinajstić information content (AvgIpc) is 3.13. The molecular weight excluding hydrogens is 256 g/mol. The molecule has 0 radical (unpaired) electrons. The molecule has 1 aromatic heterocycles. The highest BCUT2D eigenvalue weighted by molar-refractivity contribution is 5.77. The summed E-state index contributed by atoms with van der Waals surface area (Å²) < 4.78 is 5.50. The topological polar surface area (TPSA) is 79.9 Å². The van der Waals surface area contributed by atoms with E-state index in [9.17, 15) is 4.79 Å². The number of H-pyrrole nitrogens is 1. The summed E-state index contributed by atoms with van der Waals surface area (Å²) in [5, 5.41) is 9.10. The fraction of sp³-hybridized carbons (Fsp3) is 0.357. The zero-order valence-corrected chi connectivity index (χ0v) is 11.1. The molecule has 0 fully saturated rings. The van der Waals surface area contributed by atoms with Crippen molar-refractivity contribution in [1.82, 2.24) is 20.5 Å². The van der Waals surface area contributed by atoms with E-state index in [0.29, 0.717) is 12.4 Å². The first-order chi connectivity index (χ1) is 9.81. The van der Waals surface area contributed by atoms with Crippen LogP contribution in [0, 0.1) is 0 Å². The molecule has 104 valence electrons. The molecule has 20 heavy (non-hydrogen) atoms. The Morgan fingerprint density at radius 2 is 2.25 bits per heavy atom. The van der Waals surface area contributed by atoms with Gasteiger partial charge in [0.25, 0.3) is 5.91 Å². The fourth-order valence-corrected chi connectivity index (χ4v) is 2.34. The molecule has 1 aliphatic rings. The van der Waals surface area contributed by atoms with Crippen LogP contribution < -0.4 is 10.1 Å². The van der Waals surface area contributed by atoms with Crippen molar-refractivity contribution < 1.29 is 9.53 Å². The number of hydrogen-bond acceptors (Lipinski definition) is 4. The number of amides is 1. The maximum Gasteiger partial charge on any atom is 0.258 e. The van der Waals surface area contributed by atoms with Gasteiger partial charge in [-0.15, -0.1) is 0 Å². The van der Waals surface area contributed by atoms with E-state index in [0.717, 1.165) is 18.6 Å². The molecule has 6 heteroatoms. The van der Waals surface area contributed by atoms with Crippen LogP contribution in [0.1, 0.15) is 23.4 Å². The van der Waals surface area contributed by atoms with Gasteiger partial charge in [-0.3, -0.25) is 9.89 Å². The van der Waals surface area contributed by atoms with Crippen LogP contribution in [0.15, 0.2) is 24.5 Å². The summed E-state index contributed by atoms with van der Waals surface area (Å²) in [5.74, 6) is 1.19. The van der Waals surface area contributed by atoms with Crippen LogP contribution in [-0.2, 0) is 24.2 Å². The lowest BCUT2D eigenvalue weighted by molar-refractivity contribution is -0.123. The van der Waals surface area contributed by atoms with Crippen LogP contribution >= 0.6 is 0 Å². The number of carbonyl (C=O) groups is 1. The molecule has 1 aromatic carbocycles. The summed E-state index contributed by atoms with van der Waals surface area (Å²) in [6.45, 7) is 0.333. The van der Waals surface area contributed by atoms with Gasteiger partial charge in [0.05, 0.1) is 6.54 Å². The van der Waals surface area contributed by atoms with Crippen molar-refractivity contribution in [3.8, 4) is 5.75 Å². The number of aryl methyl sites for hydroxylation is 2. The van der Waals surface area contributed by atoms with E-state index in [-0.39, 0.29) is 12.5 Å². The van der Waals surface area contributed by atoms with Crippen molar-refractivity contribution in [3.63, 3.8) is 0 Å². The maximum atomic E-state index is 11.6. The Kier molecular flexibility index (Phi) is 3.62. The van der Waals surface area contributed by atoms with Crippen molar-refractivity contribution in [2.45, 2.75) is 25.8 Å². The number of fused-ring (bicyclic) bond motifs is 1. The van der Waals surface area contributed by atoms with E-state index < -0.39 is 0 Å². The van der Waals surface area contributed by atoms with Gasteiger partial charge in [0.1, 0.15) is 17.9 Å². The predicted molar refractivity (Wildman–Crippen MR) is 72.2 cm³/mol. The molecule has 2 aromatic rings. The molecule has 0 atom stereocenters. The Balaban J connectivity index is 1.48. The van der Waals surface area contributed by atoms with E-state index in [1.54, 1.807) is 0 Å². The smallest absolute Gasteiger partial charge is 0.258 e. The Morgan fingerprint density at radius 1 is 1.35 bits per heavy atom. The van der Waals surface area contributed by atoms with Crippen LogP contribution in [0.5, 0.6) is 5.75 Å². The van der Waals surface area contributed by atoms with Crippen molar-refractivity contribution in [1.29, 1.82) is 0 Å². The lowest BCUT2D eigenvalue weighted by atomic mass is 10.1. The minimum Gasteiger partial charge on any atom is -0.484 e. The van der Waals surface area contributed by atoms with Gasteiger partial charge in [-0.05, 0) is 42.5 Å². The van der Waals surface area contributed by atoms with E-state index in [2.05, 4.69) is 26.6 Å². The molecule has 0 aliphatic heterocycles. The van der Waals surface area contributed by atoms with Gasteiger partial charge in [-0.25, -0.2) is 4.98 Å². The maximum absolute atomic E-state index is 11.6. The number of nitrogens with one attached hydrogen (secondary N) is 2. The summed E-state index contributed by atoms with van der Waals surface area (Å²) >= 11 is 0. The van der Waals surface area contributed by atoms with Crippen LogP contribution in [0.4, 0.5) is 0 Å². The molecule has 1 aliphatic carbocycles. The second-order valence-electron chi connectivity index (χ2n) is 4.78. The summed E-state index contributed by atoms with van der Waals surface area (Å²) in [4.78, 5) is 15.6. The number of aromatic amines is 1. The van der Waals surface area contributed by atoms with Crippen LogP contribution in [0.25, 0.3) is 0 Å². The van der Waals surface area contributed by atoms with E-state index in [4.69, 9.17) is 4.74 Å². The third kappa shape index (κ3) is 2.96. The number of ether oxygens (including phenoxy) is 1. The predicted octanol–water partition coefficient (Wildman–Crippen LogP) is 0.989. The highest BCUT2D eigenvalue weighted by atomic mass is 16.5. The second-order valence-corrected chi connectivity index (χ2v) is 4.78. The quantitative estimate of drug-likeness (QED) is 0.850. The first-order valence-corrected chi connectivity index (χ1v) is 6.67. The number of benzene rings is 1. The molecule has 0 saturated heterocycles. The Bertz CT molecular complexity index is 595. The number of rotatable bonds is 5. The number of aromatic nitrogens is 3. The minimum atomic E-state index is -0.179. The molecule has 1 heterocycles. The van der Waals surface area contributed by atoms with E-state index >= 15 is 0 Å². The Morgan fingerprint density at radius 3 is 3.10 bits per heavy atom. The summed E-state index contributed by atoms with van der Waals surface area (Å²) in [6.07, 6.45) is 4.86. The molecule has 1 amide bonds. The Labute approximate surface area is 116 Å². The summed E-state index contributed by atoms with van der Waals surface area (Å²) in [7, 11) is 0. The average molecular weight is 272 g/mol. The first-order valence-electron chi connectivity index (χ1n) is 6.67. The molecule has 0 spiro atoms. The zero-order valence-electron chi connectivity index (χ0n) is 11.1. The molecule has 2 N–H and O–H groups in total. The van der Waals surface area contributed by atoms with Crippen molar-refractivity contribution in [2.24, 2.45) is 0 Å². The lowest BCUT2D eigenvalue weighted by Gasteiger charge is -2.08. The molecule has 6 nitrogen and oxygen atoms in total. The van der Waals surface area contributed by atoms with Gasteiger partial charge in [0, 0.05) is 0 Å². The normalized spacial score (nSPS) is 13.0. The summed E-state index contributed by atoms with van der Waals surface area (Å²) in [6, 6.07) is 6.05. The Hall–Kier alpha value is -2.37. The van der Waals surface area contributed by atoms with Crippen LogP contribution in [-0.4, -0.2) is 27.7 Å². The molecular formula is C14H16N4O2. The molecule has 0 saturated carbocycles. The van der Waals surface area contributed by atoms with Crippen LogP contribution in [0.3, 0.4) is 0 Å². The second kappa shape index (κ2) is 5.73. The van der Waals surface area contributed by atoms with Gasteiger partial charge in [-0.1, -0.05) is 6.07 Å². The summed E-state index contributed by atoms with van der Waals surface area (Å²) in [5.41, 5.74) is 2.73. The standard InChI is InChI=1S/C14H16N4O2/c19-14(15-7-13-16-9-17-18-13)8-20-12-5-4-10-2-1-3-11(10)6-12/h4-6,9H,1-3,7-8H2,(H,15,19)(H,16,17,18). The van der Waals surface area contributed by atoms with Gasteiger partial charge in [0.15, 0.2) is 6.61 Å². The van der Waals surface area contributed by atoms with E-state index in [1.807, 2.05) is 12.1 Å². The highest BCUT2D eigenvalue weighted by Crippen LogP contribution is 2.25. The monoisotopic (exact) mass is 272 g/mol. The third-order valence-corrected chi connectivity index (χ3v) is 3.36. The highest BCUT2D eigenvalue weighted by Gasteiger charge is 2.11. The van der Waals surface area contributed by atoms with Crippen molar-refractivity contribution >= 4 is 5.91 Å². The van der Waals surface area contributed by atoms with E-state index in [1.165, 1.54) is 23.9 Å². The molecule has 0 unspecified atom stereocenters. The fourth-order valence-electron chi connectivity index (χ4n) is 2.34. The van der Waals surface area contributed by atoms with Gasteiger partial charge in [0.2, 0.25) is 0 Å². The number of nitrogens with zero attached hydrogens (tertiary/aromatic N) is 2. The van der Waals surface area contributed by atoms with Crippen molar-refractivity contribution in [3.05, 3.63) is 41.5 Å². The number of carbonyl (C=O) groups excluding carboxylic acids is 1. The van der Waals surface area contributed by atoms with Crippen LogP contribution in [0.2, 0.25) is 0 Å². The number of hydrogen-bond donors (Lipinski definition) is 2. The van der Waals surface area contributed by atoms with Gasteiger partial charge >= 0.3 is 0 Å². The third-order valence-electron chi connectivity index (χ3n) is 3.36. The lowest BCUT2D eigenvalue weighted by Crippen LogP contribution is -2.28. The van der Waals surface area contributed by atoms with Gasteiger partial charge < -0.3 is 10.1 Å². The largest absolute Gasteiger partial charge is 0.484 e. The van der Waals surface area contributed by atoms with Crippen molar-refractivity contribution in [2.75, 3.05) is 6.61 Å². The molecule has 3 rings (SSSR count).